The molecule has 0 amide bonds. The smallest absolute Gasteiger partial charge is 0.371 e. The fourth-order valence-electron chi connectivity index (χ4n) is 1.41. The summed E-state index contributed by atoms with van der Waals surface area (Å²) < 4.78 is 5.18. The Hall–Kier alpha value is -2.23. The highest BCUT2D eigenvalue weighted by Gasteiger charge is 2.09. The van der Waals surface area contributed by atoms with Crippen molar-refractivity contribution in [2.45, 2.75) is 13.8 Å². The topological polar surface area (TPSA) is 62.5 Å². The second-order valence-electron chi connectivity index (χ2n) is 3.30. The second kappa shape index (κ2) is 6.49. The van der Waals surface area contributed by atoms with Crippen LogP contribution >= 0.6 is 0 Å². The fourth-order valence-corrected chi connectivity index (χ4v) is 1.41. The molecular weight excluding hydrogens is 230 g/mol. The average molecular weight is 247 g/mol. The average Bonchev–Trinajstić information content (AvgIpc) is 2.91. The number of rotatable bonds is 3. The third-order valence-electron chi connectivity index (χ3n) is 2.27. The minimum atomic E-state index is -1.06. The number of benzene rings is 1. The van der Waals surface area contributed by atoms with Crippen LogP contribution in [0, 0.1) is 0 Å². The molecule has 0 unspecified atom stereocenters. The summed E-state index contributed by atoms with van der Waals surface area (Å²) in [6, 6.07) is 10.6. The molecule has 0 aliphatic heterocycles. The van der Waals surface area contributed by atoms with Crippen molar-refractivity contribution in [3.63, 3.8) is 0 Å². The molecule has 0 bridgehead atoms. The maximum Gasteiger partial charge on any atom is 0.371 e. The molecule has 0 aliphatic rings. The van der Waals surface area contributed by atoms with Gasteiger partial charge in [-0.2, -0.15) is 0 Å². The van der Waals surface area contributed by atoms with Crippen molar-refractivity contribution < 1.29 is 14.3 Å². The Kier molecular flexibility index (Phi) is 4.99. The van der Waals surface area contributed by atoms with E-state index >= 15 is 0 Å². The number of furan rings is 1. The van der Waals surface area contributed by atoms with Crippen LogP contribution in [0.2, 0.25) is 0 Å². The van der Waals surface area contributed by atoms with E-state index < -0.39 is 5.97 Å². The second-order valence-corrected chi connectivity index (χ2v) is 3.30. The van der Waals surface area contributed by atoms with Gasteiger partial charge in [0.1, 0.15) is 5.76 Å². The van der Waals surface area contributed by atoms with Crippen LogP contribution < -0.4 is 5.32 Å². The van der Waals surface area contributed by atoms with E-state index in [1.807, 2.05) is 45.2 Å². The predicted molar refractivity (Wildman–Crippen MR) is 72.0 cm³/mol. The van der Waals surface area contributed by atoms with Gasteiger partial charge in [-0.15, -0.1) is 0 Å². The van der Waals surface area contributed by atoms with Crippen molar-refractivity contribution in [3.8, 4) is 11.3 Å². The van der Waals surface area contributed by atoms with Gasteiger partial charge in [0, 0.05) is 18.3 Å². The molecule has 1 aromatic heterocycles. The molecule has 1 heterocycles. The first-order valence-corrected chi connectivity index (χ1v) is 5.82. The molecular formula is C14H17NO3. The number of hydrogen-bond acceptors (Lipinski definition) is 3. The largest absolute Gasteiger partial charge is 0.475 e. The Bertz CT molecular complexity index is 500. The normalized spacial score (nSPS) is 9.28. The highest BCUT2D eigenvalue weighted by molar-refractivity contribution is 5.85. The Labute approximate surface area is 106 Å². The molecule has 96 valence electrons. The molecule has 0 radical (unpaired) electrons. The summed E-state index contributed by atoms with van der Waals surface area (Å²) in [5, 5.41) is 11.7. The van der Waals surface area contributed by atoms with Crippen LogP contribution in [-0.2, 0) is 0 Å². The zero-order valence-electron chi connectivity index (χ0n) is 10.7. The summed E-state index contributed by atoms with van der Waals surface area (Å²) in [7, 11) is 1.84. The number of nitrogens with one attached hydrogen (secondary N) is 1. The zero-order valence-corrected chi connectivity index (χ0v) is 10.7. The summed E-state index contributed by atoms with van der Waals surface area (Å²) >= 11 is 0. The van der Waals surface area contributed by atoms with Gasteiger partial charge < -0.3 is 14.8 Å². The lowest BCUT2D eigenvalue weighted by molar-refractivity contribution is 0.0663. The number of carboxylic acid groups (broad SMARTS) is 1. The lowest BCUT2D eigenvalue weighted by Crippen LogP contribution is -1.91. The molecule has 4 heteroatoms. The number of carboxylic acids is 1. The van der Waals surface area contributed by atoms with E-state index in [0.717, 1.165) is 11.3 Å². The third kappa shape index (κ3) is 3.13. The van der Waals surface area contributed by atoms with E-state index in [-0.39, 0.29) is 5.76 Å². The number of hydrogen-bond donors (Lipinski definition) is 2. The van der Waals surface area contributed by atoms with Crippen molar-refractivity contribution in [1.29, 1.82) is 0 Å². The molecule has 1 aromatic carbocycles. The van der Waals surface area contributed by atoms with Gasteiger partial charge in [-0.25, -0.2) is 4.79 Å². The summed E-state index contributed by atoms with van der Waals surface area (Å²) in [5.41, 5.74) is 1.85. The molecule has 2 N–H and O–H groups in total. The maximum atomic E-state index is 10.6. The highest BCUT2D eigenvalue weighted by Crippen LogP contribution is 2.23. The van der Waals surface area contributed by atoms with Crippen molar-refractivity contribution >= 4 is 11.7 Å². The van der Waals surface area contributed by atoms with Gasteiger partial charge in [-0.05, 0) is 36.4 Å². The first-order chi connectivity index (χ1) is 8.70. The highest BCUT2D eigenvalue weighted by atomic mass is 16.4. The van der Waals surface area contributed by atoms with Crippen molar-refractivity contribution in [3.05, 3.63) is 42.2 Å². The van der Waals surface area contributed by atoms with E-state index in [1.165, 1.54) is 6.07 Å². The van der Waals surface area contributed by atoms with Gasteiger partial charge >= 0.3 is 5.97 Å². The molecule has 0 atom stereocenters. The first-order valence-electron chi connectivity index (χ1n) is 5.82. The standard InChI is InChI=1S/C12H11NO3.C2H6/c1-13-9-4-2-8(3-5-9)10-6-7-11(16-10)12(14)15;1-2/h2-7,13H,1H3,(H,14,15);1-2H3. The fraction of sp³-hybridized carbons (Fsp3) is 0.214. The maximum absolute atomic E-state index is 10.6. The van der Waals surface area contributed by atoms with Crippen LogP contribution in [0.4, 0.5) is 5.69 Å². The molecule has 0 saturated carbocycles. The summed E-state index contributed by atoms with van der Waals surface area (Å²) in [6.07, 6.45) is 0. The number of aromatic carboxylic acids is 1. The monoisotopic (exact) mass is 247 g/mol. The van der Waals surface area contributed by atoms with Crippen molar-refractivity contribution in [2.24, 2.45) is 0 Å². The lowest BCUT2D eigenvalue weighted by atomic mass is 10.1. The minimum absolute atomic E-state index is 0.0484. The molecule has 2 aromatic rings. The van der Waals surface area contributed by atoms with E-state index in [1.54, 1.807) is 6.07 Å². The zero-order chi connectivity index (χ0) is 13.5. The molecule has 2 rings (SSSR count). The summed E-state index contributed by atoms with van der Waals surface area (Å²) in [6.45, 7) is 4.00. The Morgan fingerprint density at radius 1 is 1.11 bits per heavy atom. The Morgan fingerprint density at radius 3 is 2.17 bits per heavy atom. The first kappa shape index (κ1) is 13.8. The quantitative estimate of drug-likeness (QED) is 0.867. The summed E-state index contributed by atoms with van der Waals surface area (Å²) in [5.74, 6) is -0.550. The molecule has 0 fully saturated rings. The Morgan fingerprint density at radius 2 is 1.72 bits per heavy atom. The van der Waals surface area contributed by atoms with E-state index in [4.69, 9.17) is 9.52 Å². The van der Waals surface area contributed by atoms with Crippen LogP contribution in [-0.4, -0.2) is 18.1 Å². The van der Waals surface area contributed by atoms with Crippen LogP contribution in [0.25, 0.3) is 11.3 Å². The van der Waals surface area contributed by atoms with Crippen LogP contribution in [0.15, 0.2) is 40.8 Å². The van der Waals surface area contributed by atoms with Gasteiger partial charge in [-0.3, -0.25) is 0 Å². The third-order valence-corrected chi connectivity index (χ3v) is 2.27. The van der Waals surface area contributed by atoms with Gasteiger partial charge in [-0.1, -0.05) is 13.8 Å². The van der Waals surface area contributed by atoms with Gasteiger partial charge in [0.15, 0.2) is 0 Å². The van der Waals surface area contributed by atoms with E-state index in [2.05, 4.69) is 5.32 Å². The van der Waals surface area contributed by atoms with E-state index in [9.17, 15) is 4.79 Å². The van der Waals surface area contributed by atoms with E-state index in [0.29, 0.717) is 5.76 Å². The van der Waals surface area contributed by atoms with Crippen LogP contribution in [0.5, 0.6) is 0 Å². The number of anilines is 1. The van der Waals surface area contributed by atoms with Crippen LogP contribution in [0.1, 0.15) is 24.4 Å². The van der Waals surface area contributed by atoms with Gasteiger partial charge in [0.25, 0.3) is 0 Å². The molecule has 18 heavy (non-hydrogen) atoms. The SMILES string of the molecule is CC.CNc1ccc(-c2ccc(C(=O)O)o2)cc1. The molecule has 0 saturated heterocycles. The summed E-state index contributed by atoms with van der Waals surface area (Å²) in [4.78, 5) is 10.6. The van der Waals surface area contributed by atoms with Gasteiger partial charge in [0.05, 0.1) is 0 Å². The Balaban J connectivity index is 0.000000771. The van der Waals surface area contributed by atoms with Gasteiger partial charge in [0.2, 0.25) is 5.76 Å². The van der Waals surface area contributed by atoms with Crippen molar-refractivity contribution in [2.75, 3.05) is 12.4 Å². The molecule has 0 spiro atoms. The van der Waals surface area contributed by atoms with Crippen molar-refractivity contribution in [1.82, 2.24) is 0 Å². The predicted octanol–water partition coefficient (Wildman–Crippen LogP) is 3.71. The van der Waals surface area contributed by atoms with Crippen LogP contribution in [0.3, 0.4) is 0 Å². The minimum Gasteiger partial charge on any atom is -0.475 e. The number of carbonyl (C=O) groups is 1. The molecule has 0 aliphatic carbocycles. The molecule has 4 nitrogen and oxygen atoms in total. The lowest BCUT2D eigenvalue weighted by Gasteiger charge is -2.00.